The molecule has 0 rings (SSSR count). The molecule has 0 aliphatic heterocycles. The minimum atomic E-state index is -3.26. The molecular formula is C5H6F4O3. The highest BCUT2D eigenvalue weighted by molar-refractivity contribution is 5.72. The van der Waals surface area contributed by atoms with Gasteiger partial charge >= 0.3 is 12.4 Å². The molecule has 0 aliphatic rings. The van der Waals surface area contributed by atoms with Gasteiger partial charge in [0, 0.05) is 0 Å². The minimum Gasteiger partial charge on any atom is -0.434 e. The fourth-order valence-corrected chi connectivity index (χ4v) is 0.300. The Kier molecular flexibility index (Phi) is 5.35. The van der Waals surface area contributed by atoms with Gasteiger partial charge < -0.3 is 9.47 Å². The summed E-state index contributed by atoms with van der Waals surface area (Å²) in [4.78, 5) is 9.95. The number of hydrogen-bond donors (Lipinski definition) is 0. The summed E-state index contributed by atoms with van der Waals surface area (Å²) in [6.45, 7) is -1.83. The molecule has 0 heterocycles. The van der Waals surface area contributed by atoms with Crippen molar-refractivity contribution in [2.24, 2.45) is 0 Å². The van der Waals surface area contributed by atoms with E-state index in [-0.39, 0.29) is 0 Å². The van der Waals surface area contributed by atoms with Crippen molar-refractivity contribution in [1.29, 1.82) is 0 Å². The Labute approximate surface area is 65.2 Å². The van der Waals surface area contributed by atoms with Crippen molar-refractivity contribution >= 4 is 5.97 Å². The van der Waals surface area contributed by atoms with Gasteiger partial charge in [-0.2, -0.15) is 8.78 Å². The molecule has 0 spiro atoms. The van der Waals surface area contributed by atoms with Crippen LogP contribution in [0, 0.1) is 0 Å². The van der Waals surface area contributed by atoms with E-state index in [4.69, 9.17) is 0 Å². The Morgan fingerprint density at radius 1 is 1.25 bits per heavy atom. The van der Waals surface area contributed by atoms with Crippen LogP contribution in [-0.4, -0.2) is 32.2 Å². The first-order valence-electron chi connectivity index (χ1n) is 2.84. The highest BCUT2D eigenvalue weighted by Gasteiger charge is 2.16. The molecule has 0 radical (unpaired) electrons. The third-order valence-electron chi connectivity index (χ3n) is 0.707. The molecule has 0 aromatic heterocycles. The molecule has 0 atom stereocenters. The molecule has 0 unspecified atom stereocenters. The van der Waals surface area contributed by atoms with E-state index in [0.717, 1.165) is 0 Å². The molecule has 0 N–H and O–H groups in total. The van der Waals surface area contributed by atoms with Crippen LogP contribution in [0.5, 0.6) is 0 Å². The zero-order valence-electron chi connectivity index (χ0n) is 5.81. The number of carbonyl (C=O) groups is 1. The van der Waals surface area contributed by atoms with Crippen LogP contribution in [-0.2, 0) is 14.3 Å². The maximum Gasteiger partial charge on any atom is 0.375 e. The fraction of sp³-hybridized carbons (Fsp3) is 0.800. The van der Waals surface area contributed by atoms with Crippen LogP contribution >= 0.6 is 0 Å². The average molecular weight is 190 g/mol. The van der Waals surface area contributed by atoms with Gasteiger partial charge in [-0.3, -0.25) is 0 Å². The maximum absolute atomic E-state index is 11.3. The minimum absolute atomic E-state index is 0.881. The number of ether oxygens (including phenoxy) is 2. The first-order valence-corrected chi connectivity index (χ1v) is 2.84. The molecule has 0 fully saturated rings. The molecule has 12 heavy (non-hydrogen) atoms. The van der Waals surface area contributed by atoms with Gasteiger partial charge in [-0.25, -0.2) is 13.6 Å². The second-order valence-corrected chi connectivity index (χ2v) is 1.64. The molecule has 0 saturated heterocycles. The van der Waals surface area contributed by atoms with Gasteiger partial charge in [0.1, 0.15) is 6.61 Å². The van der Waals surface area contributed by atoms with Crippen molar-refractivity contribution in [3.8, 4) is 0 Å². The normalized spacial score (nSPS) is 10.8. The second-order valence-electron chi connectivity index (χ2n) is 1.64. The summed E-state index contributed by atoms with van der Waals surface area (Å²) >= 11 is 0. The molecule has 0 bridgehead atoms. The second kappa shape index (κ2) is 5.76. The maximum atomic E-state index is 11.3. The number of halogens is 4. The van der Waals surface area contributed by atoms with Gasteiger partial charge in [0.25, 0.3) is 6.43 Å². The van der Waals surface area contributed by atoms with Crippen molar-refractivity contribution in [3.63, 3.8) is 0 Å². The van der Waals surface area contributed by atoms with Crippen LogP contribution in [0.15, 0.2) is 0 Å². The lowest BCUT2D eigenvalue weighted by Gasteiger charge is -2.03. The Morgan fingerprint density at radius 3 is 2.25 bits per heavy atom. The topological polar surface area (TPSA) is 35.5 Å². The third-order valence-corrected chi connectivity index (χ3v) is 0.707. The third kappa shape index (κ3) is 5.90. The number of rotatable bonds is 5. The molecule has 7 heteroatoms. The summed E-state index contributed by atoms with van der Waals surface area (Å²) < 4.78 is 53.0. The number of hydrogen-bond acceptors (Lipinski definition) is 3. The summed E-state index contributed by atoms with van der Waals surface area (Å²) in [5.74, 6) is -1.79. The predicted molar refractivity (Wildman–Crippen MR) is 28.9 cm³/mol. The van der Waals surface area contributed by atoms with Crippen LogP contribution in [0.25, 0.3) is 0 Å². The van der Waals surface area contributed by atoms with E-state index < -0.39 is 32.2 Å². The quantitative estimate of drug-likeness (QED) is 0.281. The van der Waals surface area contributed by atoms with E-state index >= 15 is 0 Å². The molecule has 72 valence electrons. The lowest BCUT2D eigenvalue weighted by atomic mass is 10.7. The predicted octanol–water partition coefficient (Wildman–Crippen LogP) is 1.03. The van der Waals surface area contributed by atoms with E-state index in [1.165, 1.54) is 0 Å². The van der Waals surface area contributed by atoms with Crippen LogP contribution in [0.3, 0.4) is 0 Å². The first kappa shape index (κ1) is 11.2. The number of carbonyl (C=O) groups excluding carboxylic acids is 1. The van der Waals surface area contributed by atoms with Gasteiger partial charge in [-0.05, 0) is 0 Å². The Hall–Kier alpha value is -0.850. The standard InChI is InChI=1S/C5H6F4O3/c6-3(7)1-11-2-12-5(10)4(8)9/h3-4H,1-2H2. The van der Waals surface area contributed by atoms with Crippen LogP contribution < -0.4 is 0 Å². The molecular weight excluding hydrogens is 184 g/mol. The average Bonchev–Trinajstić information content (AvgIpc) is 1.97. The number of alkyl halides is 4. The Morgan fingerprint density at radius 2 is 1.83 bits per heavy atom. The first-order chi connectivity index (χ1) is 5.54. The molecule has 3 nitrogen and oxygen atoms in total. The molecule has 0 aromatic carbocycles. The largest absolute Gasteiger partial charge is 0.434 e. The Bertz CT molecular complexity index is 139. The van der Waals surface area contributed by atoms with E-state index in [0.29, 0.717) is 0 Å². The SMILES string of the molecule is O=C(OCOCC(F)F)C(F)F. The van der Waals surface area contributed by atoms with Crippen LogP contribution in [0.4, 0.5) is 17.6 Å². The monoisotopic (exact) mass is 190 g/mol. The van der Waals surface area contributed by atoms with E-state index in [2.05, 4.69) is 9.47 Å². The van der Waals surface area contributed by atoms with E-state index in [1.54, 1.807) is 0 Å². The lowest BCUT2D eigenvalue weighted by Crippen LogP contribution is -2.17. The zero-order chi connectivity index (χ0) is 9.56. The summed E-state index contributed by atoms with van der Waals surface area (Å²) in [5, 5.41) is 0. The van der Waals surface area contributed by atoms with Gasteiger partial charge in [0.2, 0.25) is 0 Å². The van der Waals surface area contributed by atoms with Crippen molar-refractivity contribution in [2.75, 3.05) is 13.4 Å². The highest BCUT2D eigenvalue weighted by Crippen LogP contribution is 1.97. The molecule has 0 amide bonds. The van der Waals surface area contributed by atoms with Crippen molar-refractivity contribution in [1.82, 2.24) is 0 Å². The van der Waals surface area contributed by atoms with Gasteiger partial charge in [0.15, 0.2) is 6.79 Å². The summed E-state index contributed by atoms with van der Waals surface area (Å²) in [7, 11) is 0. The lowest BCUT2D eigenvalue weighted by molar-refractivity contribution is -0.171. The van der Waals surface area contributed by atoms with Gasteiger partial charge in [-0.1, -0.05) is 0 Å². The van der Waals surface area contributed by atoms with Crippen molar-refractivity contribution < 1.29 is 31.8 Å². The fourth-order valence-electron chi connectivity index (χ4n) is 0.300. The number of esters is 1. The molecule has 0 aromatic rings. The summed E-state index contributed by atoms with van der Waals surface area (Å²) in [6.07, 6.45) is -5.98. The summed E-state index contributed by atoms with van der Waals surface area (Å²) in [6, 6.07) is 0. The highest BCUT2D eigenvalue weighted by atomic mass is 19.3. The van der Waals surface area contributed by atoms with Crippen LogP contribution in [0.1, 0.15) is 0 Å². The van der Waals surface area contributed by atoms with E-state index in [1.807, 2.05) is 0 Å². The smallest absolute Gasteiger partial charge is 0.375 e. The zero-order valence-corrected chi connectivity index (χ0v) is 5.81. The van der Waals surface area contributed by atoms with E-state index in [9.17, 15) is 22.4 Å². The van der Waals surface area contributed by atoms with Crippen LogP contribution in [0.2, 0.25) is 0 Å². The molecule has 0 saturated carbocycles. The van der Waals surface area contributed by atoms with Gasteiger partial charge in [-0.15, -0.1) is 0 Å². The van der Waals surface area contributed by atoms with Gasteiger partial charge in [0.05, 0.1) is 0 Å². The van der Waals surface area contributed by atoms with Crippen molar-refractivity contribution in [3.05, 3.63) is 0 Å². The Balaban J connectivity index is 3.26. The summed E-state index contributed by atoms with van der Waals surface area (Å²) in [5.41, 5.74) is 0. The molecule has 0 aliphatic carbocycles. The van der Waals surface area contributed by atoms with Crippen molar-refractivity contribution in [2.45, 2.75) is 12.9 Å².